The number of ether oxygens (including phenoxy) is 6. The Kier molecular flexibility index (Phi) is 20.3. The maximum atomic E-state index is 14.2. The second-order valence-electron chi connectivity index (χ2n) is 20.0. The molecule has 20 nitrogen and oxygen atoms in total. The number of likely N-dealkylation sites (N-methyl/N-ethyl adjacent to an activating group) is 2. The van der Waals surface area contributed by atoms with Gasteiger partial charge in [0.05, 0.1) is 47.6 Å². The van der Waals surface area contributed by atoms with E-state index in [2.05, 4.69) is 4.98 Å². The number of esters is 1. The number of nitrogens with zero attached hydrogens (tertiary/aromatic N) is 5. The van der Waals surface area contributed by atoms with Crippen LogP contribution >= 0.6 is 0 Å². The average molecular weight is 934 g/mol. The number of aryl methyl sites for hydroxylation is 1. The molecule has 0 aromatic carbocycles. The first-order valence-corrected chi connectivity index (χ1v) is 23.0. The molecule has 3 aliphatic heterocycles. The van der Waals surface area contributed by atoms with E-state index in [0.717, 1.165) is 0 Å². The zero-order valence-corrected chi connectivity index (χ0v) is 41.7. The number of cyclic esters (lactones) is 1. The molecule has 0 radical (unpaired) electrons. The van der Waals surface area contributed by atoms with E-state index in [9.17, 15) is 40.4 Å². The Morgan fingerprint density at radius 2 is 1.65 bits per heavy atom. The van der Waals surface area contributed by atoms with Crippen molar-refractivity contribution >= 4 is 11.8 Å². The van der Waals surface area contributed by atoms with Gasteiger partial charge in [0.2, 0.25) is 0 Å². The van der Waals surface area contributed by atoms with Crippen LogP contribution in [0, 0.1) is 34.8 Å². The van der Waals surface area contributed by atoms with Crippen molar-refractivity contribution < 1.29 is 68.8 Å². The second kappa shape index (κ2) is 23.2. The topological polar surface area (TPSA) is 261 Å². The van der Waals surface area contributed by atoms with Gasteiger partial charge in [-0.3, -0.25) is 4.79 Å². The monoisotopic (exact) mass is 934 g/mol. The highest BCUT2D eigenvalue weighted by Crippen LogP contribution is 2.40. The van der Waals surface area contributed by atoms with E-state index in [-0.39, 0.29) is 49.7 Å². The van der Waals surface area contributed by atoms with Crippen LogP contribution in [0.1, 0.15) is 108 Å². The van der Waals surface area contributed by atoms with Crippen molar-refractivity contribution in [3.8, 4) is 0 Å². The number of imidazole rings is 1. The summed E-state index contributed by atoms with van der Waals surface area (Å²) in [5, 5.41) is 77.7. The Bertz CT molecular complexity index is 1660. The third-order valence-corrected chi connectivity index (χ3v) is 13.9. The Balaban J connectivity index is 0.000000738. The third-order valence-electron chi connectivity index (χ3n) is 13.9. The van der Waals surface area contributed by atoms with Crippen LogP contribution in [0.25, 0.3) is 0 Å². The molecule has 3 aliphatic rings. The first kappa shape index (κ1) is 56.9. The van der Waals surface area contributed by atoms with Crippen LogP contribution in [0.3, 0.4) is 0 Å². The van der Waals surface area contributed by atoms with Gasteiger partial charge < -0.3 is 79.0 Å². The van der Waals surface area contributed by atoms with Gasteiger partial charge in [-0.25, -0.2) is 9.55 Å². The Morgan fingerprint density at radius 1 is 1.03 bits per heavy atom. The second-order valence-corrected chi connectivity index (χ2v) is 20.0. The first-order valence-electron chi connectivity index (χ1n) is 23.0. The van der Waals surface area contributed by atoms with E-state index in [4.69, 9.17) is 33.5 Å². The van der Waals surface area contributed by atoms with Crippen LogP contribution < -0.4 is 0 Å². The molecule has 4 heterocycles. The van der Waals surface area contributed by atoms with Crippen LogP contribution in [0.15, 0.2) is 6.20 Å². The van der Waals surface area contributed by atoms with E-state index in [1.54, 1.807) is 55.4 Å². The fourth-order valence-electron chi connectivity index (χ4n) is 9.83. The summed E-state index contributed by atoms with van der Waals surface area (Å²) in [6, 6.07) is -0.808. The molecular weight excluding hydrogens is 851 g/mol. The lowest BCUT2D eigenvalue weighted by Crippen LogP contribution is -2.60. The third kappa shape index (κ3) is 13.9. The summed E-state index contributed by atoms with van der Waals surface area (Å²) in [6.07, 6.45) is -7.62. The van der Waals surface area contributed by atoms with Crippen molar-refractivity contribution in [3.63, 3.8) is 0 Å². The number of aromatic nitrogens is 2. The molecule has 0 aliphatic carbocycles. The fraction of sp³-hybridized carbons (Fsp3) is 0.911. The van der Waals surface area contributed by atoms with Crippen LogP contribution in [0.5, 0.6) is 0 Å². The van der Waals surface area contributed by atoms with Crippen LogP contribution in [-0.4, -0.2) is 192 Å². The summed E-state index contributed by atoms with van der Waals surface area (Å²) < 4.78 is 38.9. The standard InChI is InChI=1S/C38H72N2O12.C7H11N3O3/c1-15-27-38(10,46)31(42)24(6)40(13)19-20(2)17-36(8,45)33(52-35-29(41)26(39(11)12)16-21(3)48-35)22(4)30(23(5)34(44)50-27)51-28-18-37(9,47-14)32(43)25(7)49-28;1-5(11)4-9-6(2)8-3-7(9)10(12)13/h20-33,35,41-43,45-46H,15-19H2,1-14H3;3,5,11H,4H2,1-2H3/t20-,21-,22+,23-,24-,25+,26+,27-,28+,29-,30+,31-,32+,33-,35+,36-,37-,38-;/m1./s1. The molecule has 1 aromatic heterocycles. The van der Waals surface area contributed by atoms with E-state index >= 15 is 0 Å². The molecule has 0 bridgehead atoms. The largest absolute Gasteiger partial charge is 0.459 e. The molecule has 6 N–H and O–H groups in total. The summed E-state index contributed by atoms with van der Waals surface area (Å²) in [4.78, 5) is 31.8. The van der Waals surface area contributed by atoms with Gasteiger partial charge >= 0.3 is 11.8 Å². The minimum Gasteiger partial charge on any atom is -0.459 e. The number of carbonyl (C=O) groups is 1. The lowest BCUT2D eigenvalue weighted by Gasteiger charge is -2.48. The number of aliphatic hydroxyl groups is 6. The Hall–Kier alpha value is -2.44. The smallest absolute Gasteiger partial charge is 0.342 e. The van der Waals surface area contributed by atoms with Gasteiger partial charge in [0.15, 0.2) is 18.4 Å². The van der Waals surface area contributed by atoms with Crippen molar-refractivity contribution in [3.05, 3.63) is 22.1 Å². The quantitative estimate of drug-likeness (QED) is 0.112. The highest BCUT2D eigenvalue weighted by molar-refractivity contribution is 5.73. The number of methoxy groups -OCH3 is 1. The van der Waals surface area contributed by atoms with E-state index in [0.29, 0.717) is 18.8 Å². The van der Waals surface area contributed by atoms with Gasteiger partial charge in [-0.2, -0.15) is 0 Å². The van der Waals surface area contributed by atoms with Gasteiger partial charge in [0, 0.05) is 45.0 Å². The molecule has 0 spiro atoms. The number of rotatable bonds is 10. The predicted octanol–water partition coefficient (Wildman–Crippen LogP) is 2.38. The maximum absolute atomic E-state index is 14.2. The summed E-state index contributed by atoms with van der Waals surface area (Å²) in [5.41, 5.74) is -4.37. The molecule has 1 aromatic rings. The number of nitro groups is 1. The zero-order valence-electron chi connectivity index (χ0n) is 41.7. The van der Waals surface area contributed by atoms with Gasteiger partial charge in [-0.1, -0.05) is 20.8 Å². The van der Waals surface area contributed by atoms with Gasteiger partial charge in [-0.05, 0) is 107 Å². The van der Waals surface area contributed by atoms with E-state index in [1.165, 1.54) is 24.8 Å². The van der Waals surface area contributed by atoms with Gasteiger partial charge in [0.1, 0.15) is 42.8 Å². The number of aliphatic hydroxyl groups excluding tert-OH is 4. The fourth-order valence-corrected chi connectivity index (χ4v) is 9.83. The number of hydrogen-bond donors (Lipinski definition) is 6. The van der Waals surface area contributed by atoms with Crippen molar-refractivity contribution in [1.82, 2.24) is 19.4 Å². The lowest BCUT2D eigenvalue weighted by molar-refractivity contribution is -0.392. The molecule has 65 heavy (non-hydrogen) atoms. The number of hydrogen-bond acceptors (Lipinski definition) is 18. The summed E-state index contributed by atoms with van der Waals surface area (Å²) >= 11 is 0. The molecule has 378 valence electrons. The summed E-state index contributed by atoms with van der Waals surface area (Å²) in [7, 11) is 7.12. The average Bonchev–Trinajstić information content (AvgIpc) is 3.57. The van der Waals surface area contributed by atoms with Crippen molar-refractivity contribution in [2.24, 2.45) is 17.8 Å². The summed E-state index contributed by atoms with van der Waals surface area (Å²) in [5.74, 6) is -2.13. The molecule has 4 rings (SSSR count). The molecule has 1 unspecified atom stereocenters. The highest BCUT2D eigenvalue weighted by atomic mass is 16.7. The minimum absolute atomic E-state index is 0.0848. The molecule has 3 fully saturated rings. The number of carbonyl (C=O) groups excluding carboxylic acids is 1. The molecular formula is C45H83N5O15. The van der Waals surface area contributed by atoms with Gasteiger partial charge in [0.25, 0.3) is 0 Å². The lowest BCUT2D eigenvalue weighted by atomic mass is 9.77. The molecule has 19 atom stereocenters. The molecule has 20 heteroatoms. The minimum atomic E-state index is -1.80. The summed E-state index contributed by atoms with van der Waals surface area (Å²) in [6.45, 7) is 21.5. The molecule has 0 saturated carbocycles. The predicted molar refractivity (Wildman–Crippen MR) is 239 cm³/mol. The van der Waals surface area contributed by atoms with Crippen LogP contribution in [-0.2, 0) is 39.8 Å². The molecule has 3 saturated heterocycles. The maximum Gasteiger partial charge on any atom is 0.342 e. The van der Waals surface area contributed by atoms with Crippen LogP contribution in [0.2, 0.25) is 0 Å². The van der Waals surface area contributed by atoms with E-state index < -0.39 is 107 Å². The van der Waals surface area contributed by atoms with Crippen molar-refractivity contribution in [1.29, 1.82) is 0 Å². The Morgan fingerprint density at radius 3 is 2.18 bits per heavy atom. The van der Waals surface area contributed by atoms with Gasteiger partial charge in [-0.15, -0.1) is 0 Å². The molecule has 0 amide bonds. The van der Waals surface area contributed by atoms with Crippen molar-refractivity contribution in [2.45, 2.75) is 212 Å². The normalized spacial score (nSPS) is 42.3. The SMILES string of the molecule is CC[C@H]1OC(=O)[C@H](C)[C@@H](O[C@H]2C[C@@](C)(OC)[C@@H](O)[C@H](C)O2)[C@H](C)[C@@H](O[C@@H]2O[C@H](C)C[C@H](N(C)C)[C@H]2O)[C@](C)(O)C[C@@H](C)CN(C)[C@H](C)[C@@H](O)[C@]1(C)O.Cc1ncc([N+](=O)[O-])n1CC(C)O. The van der Waals surface area contributed by atoms with Crippen molar-refractivity contribution in [2.75, 3.05) is 34.8 Å². The highest BCUT2D eigenvalue weighted by Gasteiger charge is 2.52. The Labute approximate surface area is 385 Å². The van der Waals surface area contributed by atoms with E-state index in [1.807, 2.05) is 51.7 Å². The first-order chi connectivity index (χ1) is 29.9. The van der Waals surface area contributed by atoms with Crippen LogP contribution in [0.4, 0.5) is 5.82 Å². The zero-order chi connectivity index (χ0) is 49.7.